The van der Waals surface area contributed by atoms with Crippen LogP contribution in [0.1, 0.15) is 18.7 Å². The molecule has 0 aliphatic carbocycles. The highest BCUT2D eigenvalue weighted by molar-refractivity contribution is 14.0. The third-order valence-electron chi connectivity index (χ3n) is 5.62. The van der Waals surface area contributed by atoms with Gasteiger partial charge in [-0.3, -0.25) is 4.99 Å². The van der Waals surface area contributed by atoms with Gasteiger partial charge >= 0.3 is 0 Å². The van der Waals surface area contributed by atoms with E-state index in [9.17, 15) is 0 Å². The molecule has 1 aliphatic heterocycles. The average molecular weight is 512 g/mol. The monoisotopic (exact) mass is 512 g/mol. The van der Waals surface area contributed by atoms with E-state index in [0.717, 1.165) is 55.6 Å². The smallest absolute Gasteiger partial charge is 0.193 e. The minimum absolute atomic E-state index is 0. The van der Waals surface area contributed by atoms with Gasteiger partial charge in [0.1, 0.15) is 5.82 Å². The molecule has 2 heterocycles. The minimum Gasteiger partial charge on any atom is -0.381 e. The standard InChI is InChI=1S/C21H32N6O.HI/c1-22-20(24-16-21(26(2)3)10-12-28-13-11-21)27(4)15-19-23-14-18(25-19)17-8-6-5-7-9-17;/h5-9,14H,10-13,15-16H2,1-4H3,(H,22,24)(H,23,25);1H. The molecule has 8 heteroatoms. The van der Waals surface area contributed by atoms with Gasteiger partial charge in [-0.15, -0.1) is 24.0 Å². The Kier molecular flexibility index (Phi) is 8.91. The van der Waals surface area contributed by atoms with Crippen molar-refractivity contribution in [2.45, 2.75) is 24.9 Å². The van der Waals surface area contributed by atoms with Crippen LogP contribution in [-0.4, -0.2) is 79.2 Å². The first-order valence-electron chi connectivity index (χ1n) is 9.80. The fraction of sp³-hybridized carbons (Fsp3) is 0.524. The van der Waals surface area contributed by atoms with Crippen LogP contribution in [-0.2, 0) is 11.3 Å². The lowest BCUT2D eigenvalue weighted by molar-refractivity contribution is -0.00522. The number of aliphatic imine (C=N–C) groups is 1. The zero-order valence-corrected chi connectivity index (χ0v) is 20.1. The summed E-state index contributed by atoms with van der Waals surface area (Å²) in [5.74, 6) is 1.78. The molecule has 29 heavy (non-hydrogen) atoms. The van der Waals surface area contributed by atoms with Crippen LogP contribution in [0.3, 0.4) is 0 Å². The van der Waals surface area contributed by atoms with Gasteiger partial charge in [-0.05, 0) is 32.5 Å². The van der Waals surface area contributed by atoms with Crippen LogP contribution in [0.25, 0.3) is 11.3 Å². The molecule has 3 rings (SSSR count). The highest BCUT2D eigenvalue weighted by Gasteiger charge is 2.35. The molecule has 0 spiro atoms. The third-order valence-corrected chi connectivity index (χ3v) is 5.62. The van der Waals surface area contributed by atoms with E-state index < -0.39 is 0 Å². The topological polar surface area (TPSA) is 68.8 Å². The number of H-pyrrole nitrogens is 1. The number of hydrogen-bond acceptors (Lipinski definition) is 4. The third kappa shape index (κ3) is 5.93. The molecule has 0 amide bonds. The lowest BCUT2D eigenvalue weighted by atomic mass is 9.88. The lowest BCUT2D eigenvalue weighted by Crippen LogP contribution is -2.57. The Bertz CT molecular complexity index is 770. The van der Waals surface area contributed by atoms with Crippen LogP contribution in [0.5, 0.6) is 0 Å². The van der Waals surface area contributed by atoms with Gasteiger partial charge in [0.25, 0.3) is 0 Å². The average Bonchev–Trinajstić information content (AvgIpc) is 3.18. The first-order valence-corrected chi connectivity index (χ1v) is 9.80. The van der Waals surface area contributed by atoms with Crippen molar-refractivity contribution in [1.82, 2.24) is 25.1 Å². The molecule has 2 N–H and O–H groups in total. The summed E-state index contributed by atoms with van der Waals surface area (Å²) >= 11 is 0. The largest absolute Gasteiger partial charge is 0.381 e. The Morgan fingerprint density at radius 2 is 1.90 bits per heavy atom. The van der Waals surface area contributed by atoms with E-state index in [-0.39, 0.29) is 29.5 Å². The highest BCUT2D eigenvalue weighted by Crippen LogP contribution is 2.25. The molecular formula is C21H33IN6O. The number of imidazole rings is 1. The molecule has 0 atom stereocenters. The number of aromatic amines is 1. The maximum atomic E-state index is 5.57. The number of hydrogen-bond donors (Lipinski definition) is 2. The number of nitrogens with zero attached hydrogens (tertiary/aromatic N) is 4. The summed E-state index contributed by atoms with van der Waals surface area (Å²) in [6.45, 7) is 3.12. The van der Waals surface area contributed by atoms with Crippen LogP contribution in [0.15, 0.2) is 41.5 Å². The van der Waals surface area contributed by atoms with Crippen molar-refractivity contribution in [2.24, 2.45) is 4.99 Å². The predicted octanol–water partition coefficient (Wildman–Crippen LogP) is 2.81. The van der Waals surface area contributed by atoms with Gasteiger partial charge in [-0.1, -0.05) is 30.3 Å². The van der Waals surface area contributed by atoms with Crippen LogP contribution in [0, 0.1) is 0 Å². The lowest BCUT2D eigenvalue weighted by Gasteiger charge is -2.43. The van der Waals surface area contributed by atoms with E-state index in [2.05, 4.69) is 56.3 Å². The first kappa shape index (κ1) is 23.6. The highest BCUT2D eigenvalue weighted by atomic mass is 127. The zero-order valence-electron chi connectivity index (χ0n) is 17.8. The van der Waals surface area contributed by atoms with E-state index in [0.29, 0.717) is 6.54 Å². The summed E-state index contributed by atoms with van der Waals surface area (Å²) in [6, 6.07) is 10.2. The van der Waals surface area contributed by atoms with Crippen LogP contribution in [0.4, 0.5) is 0 Å². The fourth-order valence-corrected chi connectivity index (χ4v) is 3.67. The number of aromatic nitrogens is 2. The normalized spacial score (nSPS) is 16.4. The zero-order chi connectivity index (χ0) is 20.0. The number of ether oxygens (including phenoxy) is 1. The Morgan fingerprint density at radius 3 is 2.52 bits per heavy atom. The van der Waals surface area contributed by atoms with E-state index in [4.69, 9.17) is 4.74 Å². The molecule has 1 aromatic heterocycles. The maximum Gasteiger partial charge on any atom is 0.193 e. The van der Waals surface area contributed by atoms with Gasteiger partial charge in [0.15, 0.2) is 5.96 Å². The van der Waals surface area contributed by atoms with Gasteiger partial charge in [-0.25, -0.2) is 4.98 Å². The van der Waals surface area contributed by atoms with Crippen molar-refractivity contribution >= 4 is 29.9 Å². The molecule has 0 radical (unpaired) electrons. The molecule has 160 valence electrons. The summed E-state index contributed by atoms with van der Waals surface area (Å²) in [4.78, 5) is 16.8. The second-order valence-electron chi connectivity index (χ2n) is 7.60. The summed E-state index contributed by atoms with van der Waals surface area (Å²) in [6.07, 6.45) is 3.93. The number of nitrogens with one attached hydrogen (secondary N) is 2. The van der Waals surface area contributed by atoms with Crippen molar-refractivity contribution < 1.29 is 4.74 Å². The Labute approximate surface area is 191 Å². The van der Waals surface area contributed by atoms with E-state index in [1.807, 2.05) is 38.5 Å². The van der Waals surface area contributed by atoms with Gasteiger partial charge in [0.2, 0.25) is 0 Å². The molecule has 0 unspecified atom stereocenters. The fourth-order valence-electron chi connectivity index (χ4n) is 3.67. The number of rotatable bonds is 6. The Hall–Kier alpha value is -1.65. The molecule has 1 fully saturated rings. The van der Waals surface area contributed by atoms with E-state index in [1.54, 1.807) is 0 Å². The molecular weight excluding hydrogens is 479 g/mol. The van der Waals surface area contributed by atoms with Crippen LogP contribution in [0.2, 0.25) is 0 Å². The van der Waals surface area contributed by atoms with E-state index in [1.165, 1.54) is 0 Å². The molecule has 1 saturated heterocycles. The summed E-state index contributed by atoms with van der Waals surface area (Å²) in [5.41, 5.74) is 2.26. The van der Waals surface area contributed by atoms with Gasteiger partial charge in [-0.2, -0.15) is 0 Å². The quantitative estimate of drug-likeness (QED) is 0.354. The molecule has 7 nitrogen and oxygen atoms in total. The molecule has 0 saturated carbocycles. The predicted molar refractivity (Wildman–Crippen MR) is 129 cm³/mol. The van der Waals surface area contributed by atoms with Crippen LogP contribution < -0.4 is 5.32 Å². The minimum atomic E-state index is 0. The van der Waals surface area contributed by atoms with Crippen molar-refractivity contribution in [3.8, 4) is 11.3 Å². The SMILES string of the molecule is CN=C(NCC1(N(C)C)CCOCC1)N(C)Cc1ncc(-c2ccccc2)[nH]1.I. The number of guanidine groups is 1. The summed E-state index contributed by atoms with van der Waals surface area (Å²) in [7, 11) is 8.15. The Morgan fingerprint density at radius 1 is 1.21 bits per heavy atom. The first-order chi connectivity index (χ1) is 13.5. The molecule has 1 aromatic carbocycles. The van der Waals surface area contributed by atoms with Gasteiger partial charge in [0.05, 0.1) is 18.4 Å². The second-order valence-corrected chi connectivity index (χ2v) is 7.60. The van der Waals surface area contributed by atoms with Gasteiger partial charge < -0.3 is 24.8 Å². The van der Waals surface area contributed by atoms with Crippen molar-refractivity contribution in [3.63, 3.8) is 0 Å². The second kappa shape index (κ2) is 10.9. The van der Waals surface area contributed by atoms with Crippen molar-refractivity contribution in [3.05, 3.63) is 42.4 Å². The molecule has 0 bridgehead atoms. The summed E-state index contributed by atoms with van der Waals surface area (Å²) in [5, 5.41) is 3.56. The maximum absolute atomic E-state index is 5.57. The van der Waals surface area contributed by atoms with E-state index >= 15 is 0 Å². The van der Waals surface area contributed by atoms with Crippen LogP contribution >= 0.6 is 24.0 Å². The number of halogens is 1. The number of benzene rings is 1. The molecule has 1 aliphatic rings. The van der Waals surface area contributed by atoms with Crippen molar-refractivity contribution in [2.75, 3.05) is 47.9 Å². The van der Waals surface area contributed by atoms with Crippen molar-refractivity contribution in [1.29, 1.82) is 0 Å². The summed E-state index contributed by atoms with van der Waals surface area (Å²) < 4.78 is 5.57. The number of likely N-dealkylation sites (N-methyl/N-ethyl adjacent to an activating group) is 1. The Balaban J connectivity index is 0.00000300. The molecule has 2 aromatic rings. The van der Waals surface area contributed by atoms with Gasteiger partial charge in [0, 0.05) is 39.4 Å².